The second-order valence-corrected chi connectivity index (χ2v) is 3.91. The van der Waals surface area contributed by atoms with Gasteiger partial charge in [-0.3, -0.25) is 4.79 Å². The van der Waals surface area contributed by atoms with Crippen LogP contribution < -0.4 is 10.1 Å². The van der Waals surface area contributed by atoms with Gasteiger partial charge in [-0.1, -0.05) is 0 Å². The molecule has 0 spiro atoms. The summed E-state index contributed by atoms with van der Waals surface area (Å²) in [4.78, 5) is 22.8. The molecule has 6 heteroatoms. The molecule has 0 aliphatic rings. The van der Waals surface area contributed by atoms with Gasteiger partial charge in [0.1, 0.15) is 5.75 Å². The molecule has 0 radical (unpaired) electrons. The second kappa shape index (κ2) is 8.16. The predicted octanol–water partition coefficient (Wildman–Crippen LogP) is 1.13. The van der Waals surface area contributed by atoms with E-state index in [9.17, 15) is 9.59 Å². The van der Waals surface area contributed by atoms with Crippen molar-refractivity contribution in [3.05, 3.63) is 29.3 Å². The van der Waals surface area contributed by atoms with Gasteiger partial charge in [0.15, 0.2) is 6.61 Å². The lowest BCUT2D eigenvalue weighted by molar-refractivity contribution is -0.123. The van der Waals surface area contributed by atoms with Gasteiger partial charge in [-0.2, -0.15) is 0 Å². The van der Waals surface area contributed by atoms with Gasteiger partial charge >= 0.3 is 5.97 Å². The largest absolute Gasteiger partial charge is 0.496 e. The molecule has 0 saturated carbocycles. The van der Waals surface area contributed by atoms with Crippen LogP contribution in [0.15, 0.2) is 18.2 Å². The zero-order valence-corrected chi connectivity index (χ0v) is 11.9. The number of nitrogens with one attached hydrogen (secondary N) is 1. The minimum Gasteiger partial charge on any atom is -0.496 e. The van der Waals surface area contributed by atoms with Gasteiger partial charge < -0.3 is 19.5 Å². The number of carbonyl (C=O) groups is 2. The summed E-state index contributed by atoms with van der Waals surface area (Å²) in [6.45, 7) is 2.49. The smallest absolute Gasteiger partial charge is 0.338 e. The molecule has 0 aliphatic heterocycles. The highest BCUT2D eigenvalue weighted by atomic mass is 16.5. The standard InChI is InChI=1S/C14H19NO5/c1-4-19-8-11-7-10(5-6-12(11)18-3)14(17)20-9-13(16)15-2/h5-7H,4,8-9H2,1-3H3,(H,15,16). The highest BCUT2D eigenvalue weighted by molar-refractivity contribution is 5.91. The van der Waals surface area contributed by atoms with E-state index in [1.165, 1.54) is 7.05 Å². The van der Waals surface area contributed by atoms with E-state index in [0.29, 0.717) is 24.5 Å². The van der Waals surface area contributed by atoms with E-state index in [1.807, 2.05) is 6.92 Å². The van der Waals surface area contributed by atoms with E-state index in [1.54, 1.807) is 25.3 Å². The monoisotopic (exact) mass is 281 g/mol. The molecule has 1 aromatic carbocycles. The third-order valence-electron chi connectivity index (χ3n) is 2.59. The van der Waals surface area contributed by atoms with E-state index in [0.717, 1.165) is 5.56 Å². The first-order valence-corrected chi connectivity index (χ1v) is 6.24. The van der Waals surface area contributed by atoms with E-state index in [-0.39, 0.29) is 12.5 Å². The summed E-state index contributed by atoms with van der Waals surface area (Å²) in [6.07, 6.45) is 0. The first-order chi connectivity index (χ1) is 9.62. The fraction of sp³-hybridized carbons (Fsp3) is 0.429. The molecule has 0 aliphatic carbocycles. The molecule has 6 nitrogen and oxygen atoms in total. The van der Waals surface area contributed by atoms with Gasteiger partial charge in [-0.05, 0) is 25.1 Å². The molecule has 0 fully saturated rings. The summed E-state index contributed by atoms with van der Waals surface area (Å²) in [5.41, 5.74) is 1.10. The normalized spacial score (nSPS) is 9.95. The van der Waals surface area contributed by atoms with Crippen molar-refractivity contribution in [1.82, 2.24) is 5.32 Å². The van der Waals surface area contributed by atoms with Crippen LogP contribution >= 0.6 is 0 Å². The van der Waals surface area contributed by atoms with Gasteiger partial charge in [-0.25, -0.2) is 4.79 Å². The van der Waals surface area contributed by atoms with Gasteiger partial charge in [-0.15, -0.1) is 0 Å². The molecular formula is C14H19NO5. The lowest BCUT2D eigenvalue weighted by atomic mass is 10.1. The van der Waals surface area contributed by atoms with Gasteiger partial charge in [0, 0.05) is 19.2 Å². The van der Waals surface area contributed by atoms with Crippen molar-refractivity contribution in [2.24, 2.45) is 0 Å². The van der Waals surface area contributed by atoms with E-state index in [2.05, 4.69) is 5.32 Å². The molecule has 0 atom stereocenters. The van der Waals surface area contributed by atoms with Crippen molar-refractivity contribution in [3.63, 3.8) is 0 Å². The Morgan fingerprint density at radius 1 is 1.30 bits per heavy atom. The van der Waals surface area contributed by atoms with Crippen LogP contribution in [0.25, 0.3) is 0 Å². The molecule has 0 bridgehead atoms. The summed E-state index contributed by atoms with van der Waals surface area (Å²) in [7, 11) is 3.03. The van der Waals surface area contributed by atoms with Crippen molar-refractivity contribution in [3.8, 4) is 5.75 Å². The molecule has 20 heavy (non-hydrogen) atoms. The third kappa shape index (κ3) is 4.55. The topological polar surface area (TPSA) is 73.9 Å². The first kappa shape index (κ1) is 16.0. The zero-order chi connectivity index (χ0) is 15.0. The Bertz CT molecular complexity index is 473. The maximum absolute atomic E-state index is 11.8. The van der Waals surface area contributed by atoms with Crippen molar-refractivity contribution in [1.29, 1.82) is 0 Å². The Morgan fingerprint density at radius 2 is 2.05 bits per heavy atom. The van der Waals surface area contributed by atoms with Gasteiger partial charge in [0.25, 0.3) is 5.91 Å². The predicted molar refractivity (Wildman–Crippen MR) is 72.7 cm³/mol. The molecule has 1 rings (SSSR count). The van der Waals surface area contributed by atoms with Crippen LogP contribution in [0, 0.1) is 0 Å². The minimum absolute atomic E-state index is 0.303. The minimum atomic E-state index is -0.561. The summed E-state index contributed by atoms with van der Waals surface area (Å²) in [5, 5.41) is 2.37. The van der Waals surface area contributed by atoms with Crippen molar-refractivity contribution in [2.75, 3.05) is 27.4 Å². The molecule has 0 unspecified atom stereocenters. The molecule has 0 heterocycles. The van der Waals surface area contributed by atoms with Crippen LogP contribution in [-0.4, -0.2) is 39.2 Å². The maximum atomic E-state index is 11.8. The highest BCUT2D eigenvalue weighted by Gasteiger charge is 2.12. The Kier molecular flexibility index (Phi) is 6.52. The Labute approximate surface area is 118 Å². The number of methoxy groups -OCH3 is 1. The molecule has 1 N–H and O–H groups in total. The molecule has 1 aromatic rings. The van der Waals surface area contributed by atoms with Crippen molar-refractivity contribution >= 4 is 11.9 Å². The fourth-order valence-corrected chi connectivity index (χ4v) is 1.52. The number of esters is 1. The van der Waals surface area contributed by atoms with Crippen LogP contribution in [0.5, 0.6) is 5.75 Å². The summed E-state index contributed by atoms with van der Waals surface area (Å²) >= 11 is 0. The Balaban J connectivity index is 2.79. The number of likely N-dealkylation sites (N-methyl/N-ethyl adjacent to an activating group) is 1. The molecule has 0 aromatic heterocycles. The zero-order valence-electron chi connectivity index (χ0n) is 11.9. The van der Waals surface area contributed by atoms with E-state index in [4.69, 9.17) is 14.2 Å². The number of amides is 1. The second-order valence-electron chi connectivity index (χ2n) is 3.91. The van der Waals surface area contributed by atoms with Crippen molar-refractivity contribution in [2.45, 2.75) is 13.5 Å². The number of hydrogen-bond acceptors (Lipinski definition) is 5. The fourth-order valence-electron chi connectivity index (χ4n) is 1.52. The number of hydrogen-bond donors (Lipinski definition) is 1. The lowest BCUT2D eigenvalue weighted by Crippen LogP contribution is -2.25. The number of rotatable bonds is 7. The summed E-state index contributed by atoms with van der Waals surface area (Å²) < 4.78 is 15.4. The highest BCUT2D eigenvalue weighted by Crippen LogP contribution is 2.21. The SMILES string of the molecule is CCOCc1cc(C(=O)OCC(=O)NC)ccc1OC. The van der Waals surface area contributed by atoms with Crippen LogP contribution in [0.4, 0.5) is 0 Å². The van der Waals surface area contributed by atoms with Crippen LogP contribution in [0.3, 0.4) is 0 Å². The maximum Gasteiger partial charge on any atom is 0.338 e. The molecular weight excluding hydrogens is 262 g/mol. The Morgan fingerprint density at radius 3 is 2.65 bits per heavy atom. The summed E-state index contributed by atoms with van der Waals surface area (Å²) in [6, 6.07) is 4.89. The quantitative estimate of drug-likeness (QED) is 0.758. The first-order valence-electron chi connectivity index (χ1n) is 6.24. The van der Waals surface area contributed by atoms with E-state index < -0.39 is 5.97 Å². The third-order valence-corrected chi connectivity index (χ3v) is 2.59. The van der Waals surface area contributed by atoms with Gasteiger partial charge in [0.2, 0.25) is 0 Å². The van der Waals surface area contributed by atoms with E-state index >= 15 is 0 Å². The number of ether oxygens (including phenoxy) is 3. The van der Waals surface area contributed by atoms with Gasteiger partial charge in [0.05, 0.1) is 19.3 Å². The number of carbonyl (C=O) groups excluding carboxylic acids is 2. The average molecular weight is 281 g/mol. The van der Waals surface area contributed by atoms with Crippen molar-refractivity contribution < 1.29 is 23.8 Å². The van der Waals surface area contributed by atoms with Crippen LogP contribution in [0.1, 0.15) is 22.8 Å². The number of benzene rings is 1. The van der Waals surface area contributed by atoms with Crippen LogP contribution in [0.2, 0.25) is 0 Å². The lowest BCUT2D eigenvalue weighted by Gasteiger charge is -2.10. The summed E-state index contributed by atoms with van der Waals surface area (Å²) in [5.74, 6) is -0.281. The average Bonchev–Trinajstić information content (AvgIpc) is 2.49. The molecule has 110 valence electrons. The molecule has 1 amide bonds. The Hall–Kier alpha value is -2.08. The van der Waals surface area contributed by atoms with Crippen LogP contribution in [-0.2, 0) is 20.9 Å². The molecule has 0 saturated heterocycles.